The Morgan fingerprint density at radius 3 is 2.53 bits per heavy atom. The molecule has 43 heavy (non-hydrogen) atoms. The highest BCUT2D eigenvalue weighted by atomic mass is 32.1. The van der Waals surface area contributed by atoms with E-state index in [-0.39, 0.29) is 11.4 Å². The Morgan fingerprint density at radius 1 is 1.14 bits per heavy atom. The maximum atomic E-state index is 12.1. The summed E-state index contributed by atoms with van der Waals surface area (Å²) < 4.78 is 7.17. The molecule has 0 bridgehead atoms. The van der Waals surface area contributed by atoms with E-state index in [4.69, 9.17) is 10.6 Å². The number of aromatic nitrogens is 3. The molecule has 1 atom stereocenters. The highest BCUT2D eigenvalue weighted by molar-refractivity contribution is 7.16. The van der Waals surface area contributed by atoms with Gasteiger partial charge in [0, 0.05) is 51.7 Å². The maximum Gasteiger partial charge on any atom is 0.335 e. The lowest BCUT2D eigenvalue weighted by Crippen LogP contribution is -2.27. The van der Waals surface area contributed by atoms with Crippen molar-refractivity contribution < 1.29 is 14.6 Å². The molecule has 8 nitrogen and oxygen atoms in total. The Morgan fingerprint density at radius 2 is 1.88 bits per heavy atom. The van der Waals surface area contributed by atoms with Crippen LogP contribution in [0.25, 0.3) is 38.4 Å². The fourth-order valence-corrected chi connectivity index (χ4v) is 6.44. The Balaban J connectivity index is 1.52. The monoisotopic (exact) mass is 595 g/mol. The number of carboxylic acids is 1. The largest absolute Gasteiger partial charge is 0.478 e. The second kappa shape index (κ2) is 12.4. The third-order valence-corrected chi connectivity index (χ3v) is 8.84. The summed E-state index contributed by atoms with van der Waals surface area (Å²) in [6.45, 7) is 14.6. The minimum absolute atomic E-state index is 0.119. The van der Waals surface area contributed by atoms with Crippen molar-refractivity contribution in [3.8, 4) is 10.4 Å². The highest BCUT2D eigenvalue weighted by Crippen LogP contribution is 2.39. The number of benzene rings is 2. The molecule has 0 fully saturated rings. The lowest BCUT2D eigenvalue weighted by molar-refractivity contribution is -0.132. The van der Waals surface area contributed by atoms with Crippen LogP contribution in [-0.4, -0.2) is 51.2 Å². The minimum Gasteiger partial charge on any atom is -0.478 e. The number of carboxylic acid groups (broad SMARTS) is 1. The summed E-state index contributed by atoms with van der Waals surface area (Å²) in [7, 11) is 0. The zero-order chi connectivity index (χ0) is 30.7. The minimum atomic E-state index is -1.16. The predicted molar refractivity (Wildman–Crippen MR) is 177 cm³/mol. The van der Waals surface area contributed by atoms with E-state index in [1.165, 1.54) is 21.1 Å². The summed E-state index contributed by atoms with van der Waals surface area (Å²) in [5.41, 5.74) is 2.91. The van der Waals surface area contributed by atoms with Gasteiger partial charge in [-0.25, -0.2) is 9.47 Å². The van der Waals surface area contributed by atoms with Crippen molar-refractivity contribution in [2.24, 2.45) is 0 Å². The molecule has 5 rings (SSSR count). The quantitative estimate of drug-likeness (QED) is 0.109. The molecule has 0 aliphatic heterocycles. The summed E-state index contributed by atoms with van der Waals surface area (Å²) >= 11 is 1.57. The van der Waals surface area contributed by atoms with E-state index in [1.54, 1.807) is 17.4 Å². The number of nitrogen functional groups attached to an aromatic ring is 1. The van der Waals surface area contributed by atoms with Crippen molar-refractivity contribution >= 4 is 51.0 Å². The number of thiophene rings is 1. The molecule has 2 aromatic heterocycles. The molecular formula is C34H37N5O3S. The SMILES string of the molecule is C=C(C(=O)O)/C(=C/c1ccc(-c2ccc(N(CC)CC)c3ccccc23)s1)c1nnc(C2=CCC(C)(OCC)C=C2)n1N. The summed E-state index contributed by atoms with van der Waals surface area (Å²) in [5.74, 6) is 5.98. The number of fused-ring (bicyclic) bond motifs is 1. The van der Waals surface area contributed by atoms with Crippen LogP contribution in [0.1, 0.15) is 50.6 Å². The van der Waals surface area contributed by atoms with Crippen molar-refractivity contribution in [2.75, 3.05) is 30.4 Å². The smallest absolute Gasteiger partial charge is 0.335 e. The van der Waals surface area contributed by atoms with Gasteiger partial charge in [0.1, 0.15) is 0 Å². The average molecular weight is 596 g/mol. The first-order valence-electron chi connectivity index (χ1n) is 14.4. The zero-order valence-corrected chi connectivity index (χ0v) is 25.8. The van der Waals surface area contributed by atoms with Crippen LogP contribution in [-0.2, 0) is 9.53 Å². The van der Waals surface area contributed by atoms with Gasteiger partial charge in [0.15, 0.2) is 11.6 Å². The molecule has 0 saturated heterocycles. The number of nitrogens with two attached hydrogens (primary N) is 1. The molecule has 0 spiro atoms. The number of ether oxygens (including phenoxy) is 1. The molecular weight excluding hydrogens is 558 g/mol. The summed E-state index contributed by atoms with van der Waals surface area (Å²) in [6, 6.07) is 16.8. The normalized spacial score (nSPS) is 16.8. The van der Waals surface area contributed by atoms with E-state index in [0.29, 0.717) is 24.4 Å². The topological polar surface area (TPSA) is 106 Å². The van der Waals surface area contributed by atoms with E-state index >= 15 is 0 Å². The van der Waals surface area contributed by atoms with Crippen LogP contribution in [0.2, 0.25) is 0 Å². The van der Waals surface area contributed by atoms with Crippen molar-refractivity contribution in [3.05, 3.63) is 95.4 Å². The van der Waals surface area contributed by atoms with Crippen LogP contribution >= 0.6 is 11.3 Å². The van der Waals surface area contributed by atoms with Gasteiger partial charge in [-0.3, -0.25) is 0 Å². The predicted octanol–water partition coefficient (Wildman–Crippen LogP) is 7.04. The number of anilines is 1. The first-order valence-corrected chi connectivity index (χ1v) is 15.3. The summed E-state index contributed by atoms with van der Waals surface area (Å²) in [4.78, 5) is 16.4. The van der Waals surface area contributed by atoms with E-state index in [0.717, 1.165) is 34.0 Å². The Labute approximate surface area is 256 Å². The molecule has 9 heteroatoms. The molecule has 0 amide bonds. The van der Waals surface area contributed by atoms with Gasteiger partial charge in [-0.1, -0.05) is 55.1 Å². The molecule has 2 heterocycles. The Bertz CT molecular complexity index is 1780. The number of nitrogens with zero attached hydrogens (tertiary/aromatic N) is 4. The van der Waals surface area contributed by atoms with Crippen LogP contribution in [0.15, 0.2) is 78.9 Å². The highest BCUT2D eigenvalue weighted by Gasteiger charge is 2.26. The van der Waals surface area contributed by atoms with E-state index in [1.807, 2.05) is 38.1 Å². The molecule has 222 valence electrons. The van der Waals surface area contributed by atoms with Gasteiger partial charge >= 0.3 is 5.97 Å². The van der Waals surface area contributed by atoms with Gasteiger partial charge in [-0.2, -0.15) is 0 Å². The molecule has 4 aromatic rings. The van der Waals surface area contributed by atoms with Gasteiger partial charge in [0.2, 0.25) is 0 Å². The summed E-state index contributed by atoms with van der Waals surface area (Å²) in [6.07, 6.45) is 8.32. The first-order chi connectivity index (χ1) is 20.7. The number of hydrogen-bond acceptors (Lipinski definition) is 7. The lowest BCUT2D eigenvalue weighted by atomic mass is 9.93. The molecule has 3 N–H and O–H groups in total. The molecule has 0 radical (unpaired) electrons. The fourth-order valence-electron chi connectivity index (χ4n) is 5.45. The van der Waals surface area contributed by atoms with Crippen LogP contribution in [0, 0.1) is 0 Å². The lowest BCUT2D eigenvalue weighted by Gasteiger charge is -2.27. The van der Waals surface area contributed by atoms with Gasteiger partial charge in [0.05, 0.1) is 11.2 Å². The van der Waals surface area contributed by atoms with E-state index in [2.05, 4.69) is 78.0 Å². The van der Waals surface area contributed by atoms with Gasteiger partial charge in [-0.05, 0) is 69.3 Å². The first kappa shape index (κ1) is 30.0. The standard InChI is InChI=1S/C34H37N5O3S/c1-6-38(7-2)29-15-14-27(25-11-9-10-12-26(25)29)30-16-13-24(43-30)21-28(22(4)33(40)41)32-37-36-31(39(32)35)23-17-19-34(5,20-18-23)42-8-3/h9-19,21H,4,6-8,20,35H2,1-3,5H3,(H,40,41)/b28-21-. The van der Waals surface area contributed by atoms with Crippen molar-refractivity contribution in [1.29, 1.82) is 0 Å². The molecule has 1 aliphatic rings. The van der Waals surface area contributed by atoms with Crippen LogP contribution in [0.3, 0.4) is 0 Å². The molecule has 1 aliphatic carbocycles. The van der Waals surface area contributed by atoms with Gasteiger partial charge in [-0.15, -0.1) is 21.5 Å². The van der Waals surface area contributed by atoms with Crippen LogP contribution in [0.5, 0.6) is 0 Å². The van der Waals surface area contributed by atoms with Crippen molar-refractivity contribution in [1.82, 2.24) is 14.9 Å². The van der Waals surface area contributed by atoms with Crippen LogP contribution < -0.4 is 10.7 Å². The van der Waals surface area contributed by atoms with E-state index < -0.39 is 11.6 Å². The number of rotatable bonds is 11. The van der Waals surface area contributed by atoms with Gasteiger partial charge < -0.3 is 20.6 Å². The molecule has 1 unspecified atom stereocenters. The Hall–Kier alpha value is -4.47. The number of allylic oxidation sites excluding steroid dienone is 2. The van der Waals surface area contributed by atoms with Gasteiger partial charge in [0.25, 0.3) is 0 Å². The second-order valence-corrected chi connectivity index (χ2v) is 11.7. The van der Waals surface area contributed by atoms with Crippen LogP contribution in [0.4, 0.5) is 5.69 Å². The third kappa shape index (κ3) is 5.91. The van der Waals surface area contributed by atoms with Crippen molar-refractivity contribution in [2.45, 2.75) is 39.7 Å². The third-order valence-electron chi connectivity index (χ3n) is 7.78. The number of aliphatic carboxylic acids is 1. The van der Waals surface area contributed by atoms with E-state index in [9.17, 15) is 9.90 Å². The molecule has 2 aromatic carbocycles. The number of hydrogen-bond donors (Lipinski definition) is 2. The fraction of sp³-hybridized carbons (Fsp3) is 0.265. The second-order valence-electron chi connectivity index (χ2n) is 10.6. The molecule has 0 saturated carbocycles. The number of carbonyl (C=O) groups is 1. The summed E-state index contributed by atoms with van der Waals surface area (Å²) in [5, 5.41) is 20.9. The maximum absolute atomic E-state index is 12.1. The average Bonchev–Trinajstić information content (AvgIpc) is 3.63. The van der Waals surface area contributed by atoms with Crippen molar-refractivity contribution in [3.63, 3.8) is 0 Å². The Kier molecular flexibility index (Phi) is 8.66. The zero-order valence-electron chi connectivity index (χ0n) is 25.0.